The third-order valence-corrected chi connectivity index (χ3v) is 6.67. The smallest absolute Gasteiger partial charge is 0.255 e. The van der Waals surface area contributed by atoms with E-state index >= 15 is 0 Å². The van der Waals surface area contributed by atoms with Crippen LogP contribution in [-0.4, -0.2) is 38.3 Å². The maximum absolute atomic E-state index is 12.9. The van der Waals surface area contributed by atoms with Gasteiger partial charge in [0, 0.05) is 24.3 Å². The average molecular weight is 447 g/mol. The second-order valence-electron chi connectivity index (χ2n) is 7.94. The van der Waals surface area contributed by atoms with Crippen molar-refractivity contribution in [1.82, 2.24) is 4.31 Å². The van der Waals surface area contributed by atoms with Crippen LogP contribution in [0, 0.1) is 5.92 Å². The molecule has 0 aliphatic carbocycles. The van der Waals surface area contributed by atoms with Gasteiger partial charge in [-0.2, -0.15) is 4.31 Å². The zero-order valence-corrected chi connectivity index (χ0v) is 19.7. The number of ether oxygens (including phenoxy) is 1. The molecule has 0 aromatic heterocycles. The minimum absolute atomic E-state index is 0.230. The van der Waals surface area contributed by atoms with Gasteiger partial charge in [0.2, 0.25) is 10.0 Å². The van der Waals surface area contributed by atoms with Crippen LogP contribution in [0.1, 0.15) is 57.3 Å². The molecule has 1 amide bonds. The molecule has 0 atom stereocenters. The molecule has 0 aliphatic heterocycles. The minimum atomic E-state index is -3.54. The SMILES string of the molecule is CCCN(CCC)S(=O)(=O)c1ccc(NC(=O)c2cccc(OCCC(C)C)c2)cc1. The van der Waals surface area contributed by atoms with Crippen molar-refractivity contribution in [3.05, 3.63) is 54.1 Å². The standard InChI is InChI=1S/C24H34N2O4S/c1-5-15-26(16-6-2)31(28,29)23-12-10-21(11-13-23)25-24(27)20-8-7-9-22(18-20)30-17-14-19(3)4/h7-13,18-19H,5-6,14-17H2,1-4H3,(H,25,27). The van der Waals surface area contributed by atoms with Gasteiger partial charge in [-0.15, -0.1) is 0 Å². The fourth-order valence-corrected chi connectivity index (χ4v) is 4.68. The van der Waals surface area contributed by atoms with Gasteiger partial charge in [-0.1, -0.05) is 33.8 Å². The Morgan fingerprint density at radius 2 is 1.68 bits per heavy atom. The number of hydrogen-bond donors (Lipinski definition) is 1. The summed E-state index contributed by atoms with van der Waals surface area (Å²) in [5, 5.41) is 2.82. The van der Waals surface area contributed by atoms with Gasteiger partial charge in [0.1, 0.15) is 5.75 Å². The molecule has 0 bridgehead atoms. The molecule has 0 saturated carbocycles. The van der Waals surface area contributed by atoms with Crippen LogP contribution in [0.2, 0.25) is 0 Å². The lowest BCUT2D eigenvalue weighted by Gasteiger charge is -2.21. The summed E-state index contributed by atoms with van der Waals surface area (Å²) in [6, 6.07) is 13.3. The zero-order valence-electron chi connectivity index (χ0n) is 18.9. The Morgan fingerprint density at radius 1 is 1.03 bits per heavy atom. The molecular weight excluding hydrogens is 412 g/mol. The quantitative estimate of drug-likeness (QED) is 0.488. The van der Waals surface area contributed by atoms with Gasteiger partial charge in [0.25, 0.3) is 5.91 Å². The van der Waals surface area contributed by atoms with E-state index in [9.17, 15) is 13.2 Å². The fourth-order valence-electron chi connectivity index (χ4n) is 3.05. The van der Waals surface area contributed by atoms with Crippen LogP contribution in [0.3, 0.4) is 0 Å². The van der Waals surface area contributed by atoms with Gasteiger partial charge in [0.05, 0.1) is 11.5 Å². The Kier molecular flexibility index (Phi) is 9.52. The predicted molar refractivity (Wildman–Crippen MR) is 125 cm³/mol. The molecule has 1 N–H and O–H groups in total. The van der Waals surface area contributed by atoms with Gasteiger partial charge >= 0.3 is 0 Å². The van der Waals surface area contributed by atoms with E-state index < -0.39 is 10.0 Å². The van der Waals surface area contributed by atoms with E-state index in [-0.39, 0.29) is 10.8 Å². The van der Waals surface area contributed by atoms with E-state index in [4.69, 9.17) is 4.74 Å². The lowest BCUT2D eigenvalue weighted by Crippen LogP contribution is -2.32. The third kappa shape index (κ3) is 7.36. The second kappa shape index (κ2) is 11.9. The van der Waals surface area contributed by atoms with E-state index in [0.29, 0.717) is 42.6 Å². The first kappa shape index (κ1) is 24.9. The maximum atomic E-state index is 12.9. The van der Waals surface area contributed by atoms with Gasteiger partial charge < -0.3 is 10.1 Å². The maximum Gasteiger partial charge on any atom is 0.255 e. The topological polar surface area (TPSA) is 75.7 Å². The van der Waals surface area contributed by atoms with E-state index in [1.165, 1.54) is 16.4 Å². The van der Waals surface area contributed by atoms with Crippen LogP contribution in [0.25, 0.3) is 0 Å². The monoisotopic (exact) mass is 446 g/mol. The lowest BCUT2D eigenvalue weighted by molar-refractivity contribution is 0.102. The van der Waals surface area contributed by atoms with Crippen molar-refractivity contribution in [2.24, 2.45) is 5.92 Å². The number of amides is 1. The summed E-state index contributed by atoms with van der Waals surface area (Å²) < 4.78 is 32.9. The summed E-state index contributed by atoms with van der Waals surface area (Å²) in [4.78, 5) is 12.8. The summed E-state index contributed by atoms with van der Waals surface area (Å²) in [5.74, 6) is 0.930. The molecule has 7 heteroatoms. The molecule has 0 radical (unpaired) electrons. The Hall–Kier alpha value is -2.38. The largest absolute Gasteiger partial charge is 0.494 e. The first-order valence-corrected chi connectivity index (χ1v) is 12.4. The highest BCUT2D eigenvalue weighted by molar-refractivity contribution is 7.89. The van der Waals surface area contributed by atoms with Crippen LogP contribution < -0.4 is 10.1 Å². The number of anilines is 1. The molecule has 0 saturated heterocycles. The molecule has 0 aliphatic rings. The summed E-state index contributed by atoms with van der Waals surface area (Å²) in [5.41, 5.74) is 1.02. The number of nitrogens with zero attached hydrogens (tertiary/aromatic N) is 1. The summed E-state index contributed by atoms with van der Waals surface area (Å²) in [6.45, 7) is 9.77. The van der Waals surface area contributed by atoms with Gasteiger partial charge in [-0.3, -0.25) is 4.79 Å². The number of carbonyl (C=O) groups excluding carboxylic acids is 1. The van der Waals surface area contributed by atoms with Crippen molar-refractivity contribution in [1.29, 1.82) is 0 Å². The van der Waals surface area contributed by atoms with Gasteiger partial charge in [-0.25, -0.2) is 8.42 Å². The average Bonchev–Trinajstić information content (AvgIpc) is 2.74. The summed E-state index contributed by atoms with van der Waals surface area (Å²) in [7, 11) is -3.54. The van der Waals surface area contributed by atoms with Crippen molar-refractivity contribution < 1.29 is 17.9 Å². The first-order chi connectivity index (χ1) is 14.8. The van der Waals surface area contributed by atoms with Crippen molar-refractivity contribution >= 4 is 21.6 Å². The summed E-state index contributed by atoms with van der Waals surface area (Å²) in [6.07, 6.45) is 2.46. The number of nitrogens with one attached hydrogen (secondary N) is 1. The number of rotatable bonds is 12. The minimum Gasteiger partial charge on any atom is -0.494 e. The highest BCUT2D eigenvalue weighted by Gasteiger charge is 2.22. The molecule has 2 aromatic carbocycles. The fraction of sp³-hybridized carbons (Fsp3) is 0.458. The molecule has 0 spiro atoms. The van der Waals surface area contributed by atoms with Gasteiger partial charge in [0.15, 0.2) is 0 Å². The molecule has 2 rings (SSSR count). The molecule has 170 valence electrons. The molecule has 2 aromatic rings. The Labute approximate surface area is 186 Å². The van der Waals surface area contributed by atoms with Crippen LogP contribution in [0.4, 0.5) is 5.69 Å². The Morgan fingerprint density at radius 3 is 2.26 bits per heavy atom. The van der Waals surface area contributed by atoms with E-state index in [0.717, 1.165) is 19.3 Å². The van der Waals surface area contributed by atoms with E-state index in [1.54, 1.807) is 30.3 Å². The first-order valence-electron chi connectivity index (χ1n) is 10.9. The lowest BCUT2D eigenvalue weighted by atomic mass is 10.1. The molecule has 0 heterocycles. The number of sulfonamides is 1. The van der Waals surface area contributed by atoms with E-state index in [2.05, 4.69) is 19.2 Å². The van der Waals surface area contributed by atoms with E-state index in [1.807, 2.05) is 19.9 Å². The Bertz CT molecular complexity index is 934. The number of hydrogen-bond acceptors (Lipinski definition) is 4. The van der Waals surface area contributed by atoms with Gasteiger partial charge in [-0.05, 0) is 67.6 Å². The van der Waals surface area contributed by atoms with Crippen LogP contribution in [0.15, 0.2) is 53.4 Å². The highest BCUT2D eigenvalue weighted by Crippen LogP contribution is 2.20. The molecule has 6 nitrogen and oxygen atoms in total. The highest BCUT2D eigenvalue weighted by atomic mass is 32.2. The number of benzene rings is 2. The van der Waals surface area contributed by atoms with Crippen molar-refractivity contribution in [3.63, 3.8) is 0 Å². The van der Waals surface area contributed by atoms with Crippen molar-refractivity contribution in [3.8, 4) is 5.75 Å². The molecule has 0 unspecified atom stereocenters. The van der Waals surface area contributed by atoms with Crippen molar-refractivity contribution in [2.45, 2.75) is 51.9 Å². The van der Waals surface area contributed by atoms with Crippen molar-refractivity contribution in [2.75, 3.05) is 25.0 Å². The van der Waals surface area contributed by atoms with Crippen LogP contribution in [0.5, 0.6) is 5.75 Å². The molecule has 0 fully saturated rings. The zero-order chi connectivity index (χ0) is 22.9. The molecular formula is C24H34N2O4S. The number of carbonyl (C=O) groups is 1. The Balaban J connectivity index is 2.06. The third-order valence-electron chi connectivity index (χ3n) is 4.76. The van der Waals surface area contributed by atoms with Crippen LogP contribution >= 0.6 is 0 Å². The van der Waals surface area contributed by atoms with Crippen LogP contribution in [-0.2, 0) is 10.0 Å². The predicted octanol–water partition coefficient (Wildman–Crippen LogP) is 5.17. The molecule has 31 heavy (non-hydrogen) atoms. The second-order valence-corrected chi connectivity index (χ2v) is 9.88. The normalized spacial score (nSPS) is 11.7. The summed E-state index contributed by atoms with van der Waals surface area (Å²) >= 11 is 0.